The summed E-state index contributed by atoms with van der Waals surface area (Å²) in [7, 11) is 0. The van der Waals surface area contributed by atoms with Gasteiger partial charge in [0.1, 0.15) is 0 Å². The van der Waals surface area contributed by atoms with Crippen molar-refractivity contribution in [1.29, 1.82) is 0 Å². The number of carbonyl (C=O) groups is 1. The molecule has 0 bridgehead atoms. The fraction of sp³-hybridized carbons (Fsp3) is 0.769. The molecular formula is C13H21N5O. The van der Waals surface area contributed by atoms with Crippen molar-refractivity contribution in [2.75, 3.05) is 6.54 Å². The van der Waals surface area contributed by atoms with Gasteiger partial charge in [0.15, 0.2) is 5.69 Å². The normalized spacial score (nSPS) is 29.4. The van der Waals surface area contributed by atoms with Crippen LogP contribution in [0.5, 0.6) is 0 Å². The van der Waals surface area contributed by atoms with Gasteiger partial charge in [-0.25, -0.2) is 0 Å². The van der Waals surface area contributed by atoms with Gasteiger partial charge in [-0.1, -0.05) is 18.1 Å². The minimum absolute atomic E-state index is 0.0965. The van der Waals surface area contributed by atoms with Crippen LogP contribution in [0.1, 0.15) is 42.6 Å². The van der Waals surface area contributed by atoms with Gasteiger partial charge in [0, 0.05) is 12.6 Å². The quantitative estimate of drug-likeness (QED) is 0.830. The summed E-state index contributed by atoms with van der Waals surface area (Å²) < 4.78 is 1.61. The smallest absolute Gasteiger partial charge is 0.273 e. The molecule has 2 aliphatic carbocycles. The summed E-state index contributed by atoms with van der Waals surface area (Å²) in [4.78, 5) is 12.1. The molecule has 0 unspecified atom stereocenters. The van der Waals surface area contributed by atoms with E-state index in [4.69, 9.17) is 5.73 Å². The van der Waals surface area contributed by atoms with Gasteiger partial charge in [-0.3, -0.25) is 9.48 Å². The van der Waals surface area contributed by atoms with Crippen LogP contribution in [0, 0.1) is 11.8 Å². The van der Waals surface area contributed by atoms with Crippen molar-refractivity contribution >= 4 is 5.91 Å². The van der Waals surface area contributed by atoms with Gasteiger partial charge in [0.05, 0.1) is 12.7 Å². The fourth-order valence-electron chi connectivity index (χ4n) is 3.63. The van der Waals surface area contributed by atoms with Gasteiger partial charge in [0.2, 0.25) is 0 Å². The molecule has 3 rings (SSSR count). The Balaban J connectivity index is 1.61. The molecule has 0 spiro atoms. The third-order valence-electron chi connectivity index (χ3n) is 4.53. The predicted octanol–water partition coefficient (Wildman–Crippen LogP) is 0.545. The average Bonchev–Trinajstić information content (AvgIpc) is 3.07. The average molecular weight is 263 g/mol. The summed E-state index contributed by atoms with van der Waals surface area (Å²) in [6.45, 7) is 1.09. The van der Waals surface area contributed by atoms with Gasteiger partial charge in [-0.2, -0.15) is 0 Å². The van der Waals surface area contributed by atoms with E-state index in [1.807, 2.05) is 0 Å². The number of rotatable bonds is 4. The molecule has 1 heterocycles. The van der Waals surface area contributed by atoms with Crippen molar-refractivity contribution in [3.05, 3.63) is 11.9 Å². The Morgan fingerprint density at radius 2 is 2.32 bits per heavy atom. The molecule has 0 aromatic carbocycles. The molecule has 2 saturated carbocycles. The molecule has 104 valence electrons. The zero-order chi connectivity index (χ0) is 13.2. The van der Waals surface area contributed by atoms with Crippen molar-refractivity contribution in [3.63, 3.8) is 0 Å². The molecular weight excluding hydrogens is 242 g/mol. The lowest BCUT2D eigenvalue weighted by molar-refractivity contribution is 0.0921. The first-order valence-corrected chi connectivity index (χ1v) is 7.19. The van der Waals surface area contributed by atoms with Crippen LogP contribution < -0.4 is 11.1 Å². The Morgan fingerprint density at radius 3 is 3.16 bits per heavy atom. The lowest BCUT2D eigenvalue weighted by Crippen LogP contribution is -2.37. The Bertz CT molecular complexity index is 458. The Kier molecular flexibility index (Phi) is 3.50. The van der Waals surface area contributed by atoms with E-state index >= 15 is 0 Å². The van der Waals surface area contributed by atoms with E-state index in [-0.39, 0.29) is 5.91 Å². The second kappa shape index (κ2) is 5.28. The fourth-order valence-corrected chi connectivity index (χ4v) is 3.63. The molecule has 1 amide bonds. The topological polar surface area (TPSA) is 85.8 Å². The van der Waals surface area contributed by atoms with Crippen LogP contribution in [0.2, 0.25) is 0 Å². The Hall–Kier alpha value is -1.43. The number of fused-ring (bicyclic) bond motifs is 1. The molecule has 2 fully saturated rings. The zero-order valence-electron chi connectivity index (χ0n) is 11.1. The SMILES string of the molecule is NCCn1cc(C(=O)N[C@H]2CC[C@@H]3CCC[C@@H]32)nn1. The first kappa shape index (κ1) is 12.6. The van der Waals surface area contributed by atoms with Gasteiger partial charge < -0.3 is 11.1 Å². The highest BCUT2D eigenvalue weighted by Gasteiger charge is 2.39. The van der Waals surface area contributed by atoms with E-state index in [0.717, 1.165) is 12.3 Å². The highest BCUT2D eigenvalue weighted by Crippen LogP contribution is 2.43. The van der Waals surface area contributed by atoms with Crippen LogP contribution >= 0.6 is 0 Å². The number of hydrogen-bond acceptors (Lipinski definition) is 4. The van der Waals surface area contributed by atoms with Gasteiger partial charge in [0.25, 0.3) is 5.91 Å². The molecule has 6 nitrogen and oxygen atoms in total. The van der Waals surface area contributed by atoms with Gasteiger partial charge in [-0.15, -0.1) is 5.10 Å². The number of carbonyl (C=O) groups excluding carboxylic acids is 1. The summed E-state index contributed by atoms with van der Waals surface area (Å²) in [6.07, 6.45) is 7.95. The number of hydrogen-bond donors (Lipinski definition) is 2. The maximum atomic E-state index is 12.1. The summed E-state index contributed by atoms with van der Waals surface area (Å²) in [5.74, 6) is 1.42. The molecule has 0 aliphatic heterocycles. The monoisotopic (exact) mass is 263 g/mol. The van der Waals surface area contributed by atoms with Crippen LogP contribution in [-0.2, 0) is 6.54 Å². The van der Waals surface area contributed by atoms with Crippen molar-refractivity contribution in [1.82, 2.24) is 20.3 Å². The van der Waals surface area contributed by atoms with E-state index in [1.54, 1.807) is 10.9 Å². The van der Waals surface area contributed by atoms with Crippen LogP contribution in [0.3, 0.4) is 0 Å². The third kappa shape index (κ3) is 2.49. The first-order chi connectivity index (χ1) is 9.28. The molecule has 19 heavy (non-hydrogen) atoms. The van der Waals surface area contributed by atoms with E-state index in [1.165, 1.54) is 25.7 Å². The second-order valence-corrected chi connectivity index (χ2v) is 5.67. The third-order valence-corrected chi connectivity index (χ3v) is 4.53. The Labute approximate surface area is 112 Å². The zero-order valence-corrected chi connectivity index (χ0v) is 11.1. The maximum Gasteiger partial charge on any atom is 0.273 e. The van der Waals surface area contributed by atoms with Crippen molar-refractivity contribution in [3.8, 4) is 0 Å². The van der Waals surface area contributed by atoms with Crippen LogP contribution in [0.15, 0.2) is 6.20 Å². The summed E-state index contributed by atoms with van der Waals surface area (Å²) in [5, 5.41) is 10.9. The minimum Gasteiger partial charge on any atom is -0.348 e. The Morgan fingerprint density at radius 1 is 1.42 bits per heavy atom. The van der Waals surface area contributed by atoms with Crippen molar-refractivity contribution < 1.29 is 4.79 Å². The van der Waals surface area contributed by atoms with Crippen LogP contribution in [0.4, 0.5) is 0 Å². The minimum atomic E-state index is -0.0965. The standard InChI is InChI=1S/C13H21N5O/c14-6-7-18-8-12(16-17-18)13(19)15-11-5-4-9-2-1-3-10(9)11/h8-11H,1-7,14H2,(H,15,19)/t9-,10-,11-/m0/s1. The van der Waals surface area contributed by atoms with E-state index < -0.39 is 0 Å². The summed E-state index contributed by atoms with van der Waals surface area (Å²) >= 11 is 0. The molecule has 1 aromatic rings. The number of nitrogens with two attached hydrogens (primary N) is 1. The van der Waals surface area contributed by atoms with Crippen molar-refractivity contribution in [2.24, 2.45) is 17.6 Å². The largest absolute Gasteiger partial charge is 0.348 e. The van der Waals surface area contributed by atoms with E-state index in [0.29, 0.717) is 30.7 Å². The highest BCUT2D eigenvalue weighted by atomic mass is 16.2. The van der Waals surface area contributed by atoms with Crippen LogP contribution in [0.25, 0.3) is 0 Å². The highest BCUT2D eigenvalue weighted by molar-refractivity contribution is 5.92. The molecule has 1 aromatic heterocycles. The van der Waals surface area contributed by atoms with Gasteiger partial charge >= 0.3 is 0 Å². The van der Waals surface area contributed by atoms with Gasteiger partial charge in [-0.05, 0) is 31.1 Å². The second-order valence-electron chi connectivity index (χ2n) is 5.67. The molecule has 0 radical (unpaired) electrons. The van der Waals surface area contributed by atoms with E-state index in [9.17, 15) is 4.79 Å². The molecule has 3 atom stereocenters. The van der Waals surface area contributed by atoms with Crippen LogP contribution in [-0.4, -0.2) is 33.5 Å². The first-order valence-electron chi connectivity index (χ1n) is 7.19. The molecule has 6 heteroatoms. The molecule has 0 saturated heterocycles. The maximum absolute atomic E-state index is 12.1. The van der Waals surface area contributed by atoms with E-state index in [2.05, 4.69) is 15.6 Å². The molecule has 3 N–H and O–H groups in total. The van der Waals surface area contributed by atoms with Crippen molar-refractivity contribution in [2.45, 2.75) is 44.7 Å². The predicted molar refractivity (Wildman–Crippen MR) is 70.4 cm³/mol. The summed E-state index contributed by atoms with van der Waals surface area (Å²) in [5.41, 5.74) is 5.85. The lowest BCUT2D eigenvalue weighted by atomic mass is 9.97. The number of nitrogens with one attached hydrogen (secondary N) is 1. The summed E-state index contributed by atoms with van der Waals surface area (Å²) in [6, 6.07) is 0.333. The number of aromatic nitrogens is 3. The number of nitrogens with zero attached hydrogens (tertiary/aromatic N) is 3. The lowest BCUT2D eigenvalue weighted by Gasteiger charge is -2.19. The number of amides is 1. The molecule has 2 aliphatic rings.